The highest BCUT2D eigenvalue weighted by Gasteiger charge is 2.39. The molecule has 1 aromatic heterocycles. The quantitative estimate of drug-likeness (QED) is 0.883. The zero-order valence-electron chi connectivity index (χ0n) is 11.8. The minimum absolute atomic E-state index is 0.159. The molecular weight excluding hydrogens is 276 g/mol. The molecule has 1 fully saturated rings. The van der Waals surface area contributed by atoms with Crippen LogP contribution in [0.2, 0.25) is 0 Å². The Morgan fingerprint density at radius 2 is 2.10 bits per heavy atom. The molecule has 110 valence electrons. The summed E-state index contributed by atoms with van der Waals surface area (Å²) in [7, 11) is -0.807. The smallest absolute Gasteiger partial charge is 0.269 e. The monoisotopic (exact) mass is 296 g/mol. The Balaban J connectivity index is 2.21. The molecule has 6 nitrogen and oxygen atoms in total. The van der Waals surface area contributed by atoms with Gasteiger partial charge in [0, 0.05) is 29.6 Å². The van der Waals surface area contributed by atoms with Crippen molar-refractivity contribution in [1.29, 1.82) is 0 Å². The fourth-order valence-electron chi connectivity index (χ4n) is 2.52. The van der Waals surface area contributed by atoms with Crippen LogP contribution in [0.15, 0.2) is 12.1 Å². The summed E-state index contributed by atoms with van der Waals surface area (Å²) in [5.74, 6) is 0.763. The minimum atomic E-state index is -0.807. The van der Waals surface area contributed by atoms with E-state index in [1.54, 1.807) is 12.1 Å². The number of carbonyl (C=O) groups excluding carboxylic acids is 1. The second kappa shape index (κ2) is 5.87. The number of primary amides is 1. The molecular formula is C13H20N4O2S. The van der Waals surface area contributed by atoms with Gasteiger partial charge in [-0.1, -0.05) is 13.8 Å². The molecule has 0 aromatic carbocycles. The number of hydrogen-bond acceptors (Lipinski definition) is 5. The molecule has 1 aliphatic heterocycles. The third kappa shape index (κ3) is 2.67. The van der Waals surface area contributed by atoms with Crippen LogP contribution in [0.25, 0.3) is 0 Å². The lowest BCUT2D eigenvalue weighted by molar-refractivity contribution is 0.0994. The Hall–Kier alpha value is -1.50. The molecule has 1 amide bonds. The molecule has 0 spiro atoms. The molecule has 0 radical (unpaired) electrons. The van der Waals surface area contributed by atoms with Gasteiger partial charge < -0.3 is 10.6 Å². The number of carbonyl (C=O) groups is 1. The number of amides is 1. The SMILES string of the molecule is CCC1(CC)CN(c2ccc(C(N)=O)nn2)CCS1=O. The molecule has 2 N–H and O–H groups in total. The van der Waals surface area contributed by atoms with Crippen molar-refractivity contribution in [3.8, 4) is 0 Å². The lowest BCUT2D eigenvalue weighted by Crippen LogP contribution is -2.53. The van der Waals surface area contributed by atoms with Gasteiger partial charge in [-0.15, -0.1) is 10.2 Å². The van der Waals surface area contributed by atoms with Crippen molar-refractivity contribution in [3.63, 3.8) is 0 Å². The lowest BCUT2D eigenvalue weighted by Gasteiger charge is -2.41. The van der Waals surface area contributed by atoms with Crippen LogP contribution in [0, 0.1) is 0 Å². The van der Waals surface area contributed by atoms with Crippen molar-refractivity contribution in [2.45, 2.75) is 31.4 Å². The van der Waals surface area contributed by atoms with Crippen LogP contribution in [0.4, 0.5) is 5.82 Å². The Bertz CT molecular complexity index is 514. The van der Waals surface area contributed by atoms with Crippen molar-refractivity contribution in [1.82, 2.24) is 10.2 Å². The van der Waals surface area contributed by atoms with Gasteiger partial charge in [-0.25, -0.2) is 0 Å². The first kappa shape index (κ1) is 14.9. The van der Waals surface area contributed by atoms with E-state index in [1.165, 1.54) is 0 Å². The second-order valence-corrected chi connectivity index (χ2v) is 6.97. The normalized spacial score (nSPS) is 21.7. The predicted octanol–water partition coefficient (Wildman–Crippen LogP) is 0.703. The van der Waals surface area contributed by atoms with Crippen LogP contribution >= 0.6 is 0 Å². The molecule has 2 rings (SSSR count). The first-order valence-corrected chi connectivity index (χ1v) is 8.11. The van der Waals surface area contributed by atoms with Gasteiger partial charge in [0.1, 0.15) is 0 Å². The van der Waals surface area contributed by atoms with Crippen molar-refractivity contribution >= 4 is 22.5 Å². The van der Waals surface area contributed by atoms with Crippen LogP contribution in [0.1, 0.15) is 37.2 Å². The summed E-state index contributed by atoms with van der Waals surface area (Å²) in [6, 6.07) is 3.33. The van der Waals surface area contributed by atoms with Crippen LogP contribution < -0.4 is 10.6 Å². The third-order valence-corrected chi connectivity index (χ3v) is 6.25. The van der Waals surface area contributed by atoms with Crippen LogP contribution in [-0.4, -0.2) is 43.9 Å². The number of anilines is 1. The first-order valence-electron chi connectivity index (χ1n) is 6.79. The highest BCUT2D eigenvalue weighted by molar-refractivity contribution is 7.86. The molecule has 7 heteroatoms. The number of hydrogen-bond donors (Lipinski definition) is 1. The highest BCUT2D eigenvalue weighted by Crippen LogP contribution is 2.30. The zero-order chi connectivity index (χ0) is 14.8. The average molecular weight is 296 g/mol. The van der Waals surface area contributed by atoms with Crippen molar-refractivity contribution in [2.24, 2.45) is 5.73 Å². The van der Waals surface area contributed by atoms with E-state index in [0.29, 0.717) is 24.7 Å². The van der Waals surface area contributed by atoms with E-state index in [9.17, 15) is 9.00 Å². The summed E-state index contributed by atoms with van der Waals surface area (Å²) in [4.78, 5) is 13.1. The number of aromatic nitrogens is 2. The maximum atomic E-state index is 12.3. The van der Waals surface area contributed by atoms with E-state index in [-0.39, 0.29) is 10.4 Å². The highest BCUT2D eigenvalue weighted by atomic mass is 32.2. The van der Waals surface area contributed by atoms with E-state index in [1.807, 2.05) is 0 Å². The Kier molecular flexibility index (Phi) is 4.37. The largest absolute Gasteiger partial charge is 0.364 e. The molecule has 0 saturated carbocycles. The number of rotatable bonds is 4. The van der Waals surface area contributed by atoms with E-state index < -0.39 is 16.7 Å². The summed E-state index contributed by atoms with van der Waals surface area (Å²) in [5.41, 5.74) is 5.31. The molecule has 20 heavy (non-hydrogen) atoms. The van der Waals surface area contributed by atoms with Gasteiger partial charge >= 0.3 is 0 Å². The first-order chi connectivity index (χ1) is 9.52. The van der Waals surface area contributed by atoms with E-state index in [4.69, 9.17) is 5.73 Å². The van der Waals surface area contributed by atoms with E-state index in [2.05, 4.69) is 28.9 Å². The number of nitrogens with zero attached hydrogens (tertiary/aromatic N) is 3. The Morgan fingerprint density at radius 3 is 2.60 bits per heavy atom. The van der Waals surface area contributed by atoms with Crippen molar-refractivity contribution in [2.75, 3.05) is 23.7 Å². The molecule has 1 atom stereocenters. The molecule has 2 heterocycles. The van der Waals surface area contributed by atoms with Crippen LogP contribution in [0.5, 0.6) is 0 Å². The summed E-state index contributed by atoms with van der Waals surface area (Å²) in [5, 5.41) is 7.89. The van der Waals surface area contributed by atoms with E-state index >= 15 is 0 Å². The molecule has 1 aliphatic rings. The fraction of sp³-hybridized carbons (Fsp3) is 0.615. The maximum Gasteiger partial charge on any atom is 0.269 e. The summed E-state index contributed by atoms with van der Waals surface area (Å²) in [6.07, 6.45) is 1.75. The van der Waals surface area contributed by atoms with Crippen molar-refractivity contribution < 1.29 is 9.00 Å². The van der Waals surface area contributed by atoms with Crippen LogP contribution in [-0.2, 0) is 10.8 Å². The standard InChI is InChI=1S/C13H20N4O2S/c1-3-13(4-2)9-17(7-8-20(13)19)11-6-5-10(12(14)18)15-16-11/h5-6H,3-4,7-9H2,1-2H3,(H2,14,18). The van der Waals surface area contributed by atoms with E-state index in [0.717, 1.165) is 12.8 Å². The average Bonchev–Trinajstić information content (AvgIpc) is 2.48. The maximum absolute atomic E-state index is 12.3. The van der Waals surface area contributed by atoms with Gasteiger partial charge in [0.25, 0.3) is 5.91 Å². The van der Waals surface area contributed by atoms with Gasteiger partial charge in [-0.3, -0.25) is 9.00 Å². The minimum Gasteiger partial charge on any atom is -0.364 e. The molecule has 0 aliphatic carbocycles. The Labute approximate surface area is 121 Å². The van der Waals surface area contributed by atoms with Gasteiger partial charge in [0.05, 0.1) is 4.75 Å². The summed E-state index contributed by atoms with van der Waals surface area (Å²) < 4.78 is 12.1. The predicted molar refractivity (Wildman–Crippen MR) is 79.1 cm³/mol. The van der Waals surface area contributed by atoms with Gasteiger partial charge in [-0.05, 0) is 25.0 Å². The van der Waals surface area contributed by atoms with Gasteiger partial charge in [-0.2, -0.15) is 0 Å². The molecule has 1 saturated heterocycles. The third-order valence-electron chi connectivity index (χ3n) is 4.02. The van der Waals surface area contributed by atoms with Gasteiger partial charge in [0.2, 0.25) is 0 Å². The molecule has 1 aromatic rings. The van der Waals surface area contributed by atoms with Gasteiger partial charge in [0.15, 0.2) is 11.5 Å². The summed E-state index contributed by atoms with van der Waals surface area (Å²) in [6.45, 7) is 5.55. The number of nitrogens with two attached hydrogens (primary N) is 1. The fourth-order valence-corrected chi connectivity index (χ4v) is 4.29. The molecule has 1 unspecified atom stereocenters. The van der Waals surface area contributed by atoms with Crippen molar-refractivity contribution in [3.05, 3.63) is 17.8 Å². The Morgan fingerprint density at radius 1 is 1.40 bits per heavy atom. The molecule has 0 bridgehead atoms. The zero-order valence-corrected chi connectivity index (χ0v) is 12.7. The van der Waals surface area contributed by atoms with Crippen LogP contribution in [0.3, 0.4) is 0 Å². The lowest BCUT2D eigenvalue weighted by atomic mass is 10.0. The second-order valence-electron chi connectivity index (χ2n) is 5.00. The summed E-state index contributed by atoms with van der Waals surface area (Å²) >= 11 is 0. The topological polar surface area (TPSA) is 89.2 Å².